The second-order valence-electron chi connectivity index (χ2n) is 7.44. The molecule has 0 bridgehead atoms. The molecule has 3 aromatic rings. The number of urea groups is 1. The number of halogens is 1. The molecule has 1 heterocycles. The number of anilines is 2. The summed E-state index contributed by atoms with van der Waals surface area (Å²) in [7, 11) is 2.84. The largest absolute Gasteiger partial charge is 0.465 e. The minimum atomic E-state index is -1.30. The van der Waals surface area contributed by atoms with Crippen molar-refractivity contribution in [3.63, 3.8) is 0 Å². The monoisotopic (exact) mass is 460 g/mol. The van der Waals surface area contributed by atoms with Crippen molar-refractivity contribution in [3.05, 3.63) is 95.3 Å². The Hall–Kier alpha value is -4.53. The first kappa shape index (κ1) is 22.7. The number of benzodiazepines with no additional fused rings is 1. The summed E-state index contributed by atoms with van der Waals surface area (Å²) < 4.78 is 19.3. The maximum Gasteiger partial charge on any atom is 0.337 e. The highest BCUT2D eigenvalue weighted by atomic mass is 19.1. The molecule has 0 fully saturated rings. The van der Waals surface area contributed by atoms with Gasteiger partial charge in [-0.2, -0.15) is 0 Å². The lowest BCUT2D eigenvalue weighted by Crippen LogP contribution is -2.47. The van der Waals surface area contributed by atoms with Crippen molar-refractivity contribution >= 4 is 35.0 Å². The van der Waals surface area contributed by atoms with Crippen LogP contribution in [0.3, 0.4) is 0 Å². The number of hydrogen-bond donors (Lipinski definition) is 2. The highest BCUT2D eigenvalue weighted by Crippen LogP contribution is 2.28. The minimum Gasteiger partial charge on any atom is -0.465 e. The molecular formula is C25H21FN4O4. The summed E-state index contributed by atoms with van der Waals surface area (Å²) in [5.41, 5.74) is 2.28. The van der Waals surface area contributed by atoms with Crippen LogP contribution < -0.4 is 15.5 Å². The Kier molecular flexibility index (Phi) is 6.35. The van der Waals surface area contributed by atoms with Gasteiger partial charge < -0.3 is 20.3 Å². The van der Waals surface area contributed by atoms with Crippen molar-refractivity contribution in [2.75, 3.05) is 24.4 Å². The van der Waals surface area contributed by atoms with Gasteiger partial charge in [0.05, 0.1) is 24.1 Å². The zero-order valence-electron chi connectivity index (χ0n) is 18.4. The number of amides is 3. The number of para-hydroxylation sites is 1. The van der Waals surface area contributed by atoms with Crippen LogP contribution >= 0.6 is 0 Å². The number of carbonyl (C=O) groups is 3. The van der Waals surface area contributed by atoms with Crippen molar-refractivity contribution in [2.24, 2.45) is 4.99 Å². The summed E-state index contributed by atoms with van der Waals surface area (Å²) in [6.07, 6.45) is -1.30. The van der Waals surface area contributed by atoms with Gasteiger partial charge in [0.25, 0.3) is 5.91 Å². The summed E-state index contributed by atoms with van der Waals surface area (Å²) in [6.45, 7) is 0. The van der Waals surface area contributed by atoms with E-state index in [1.54, 1.807) is 49.5 Å². The molecule has 34 heavy (non-hydrogen) atoms. The summed E-state index contributed by atoms with van der Waals surface area (Å²) >= 11 is 0. The smallest absolute Gasteiger partial charge is 0.337 e. The maximum absolute atomic E-state index is 14.7. The van der Waals surface area contributed by atoms with E-state index >= 15 is 0 Å². The van der Waals surface area contributed by atoms with E-state index in [-0.39, 0.29) is 11.3 Å². The Morgan fingerprint density at radius 3 is 2.29 bits per heavy atom. The minimum absolute atomic E-state index is 0.212. The molecule has 3 aromatic carbocycles. The third-order valence-electron chi connectivity index (χ3n) is 5.30. The Labute approximate surface area is 195 Å². The van der Waals surface area contributed by atoms with Crippen LogP contribution in [0.2, 0.25) is 0 Å². The average molecular weight is 460 g/mol. The highest BCUT2D eigenvalue weighted by molar-refractivity contribution is 6.20. The second-order valence-corrected chi connectivity index (χ2v) is 7.44. The Bertz CT molecular complexity index is 1290. The van der Waals surface area contributed by atoms with Gasteiger partial charge in [-0.25, -0.2) is 19.0 Å². The fraction of sp³-hybridized carbons (Fsp3) is 0.120. The number of aliphatic imine (C=N–C) groups is 1. The lowest BCUT2D eigenvalue weighted by molar-refractivity contribution is -0.119. The average Bonchev–Trinajstić information content (AvgIpc) is 2.95. The van der Waals surface area contributed by atoms with E-state index in [0.717, 1.165) is 0 Å². The molecule has 1 unspecified atom stereocenters. The standard InChI is InChI=1S/C25H21FN4O4/c1-30-20-10-6-4-8-18(20)21(17-7-3-5-9-19(17)26)28-22(23(30)31)29-25(33)27-16-13-11-15(12-14-16)24(32)34-2/h3-14,22H,1-2H3,(H2,27,29,33). The van der Waals surface area contributed by atoms with Crippen molar-refractivity contribution in [1.82, 2.24) is 5.32 Å². The number of hydrogen-bond acceptors (Lipinski definition) is 5. The van der Waals surface area contributed by atoms with Gasteiger partial charge in [0.15, 0.2) is 0 Å². The molecule has 1 atom stereocenters. The molecule has 1 aliphatic rings. The van der Waals surface area contributed by atoms with E-state index < -0.39 is 29.9 Å². The number of methoxy groups -OCH3 is 1. The predicted octanol–water partition coefficient (Wildman–Crippen LogP) is 3.57. The Balaban J connectivity index is 1.64. The Morgan fingerprint density at radius 2 is 1.62 bits per heavy atom. The van der Waals surface area contributed by atoms with Crippen LogP contribution in [-0.4, -0.2) is 43.9 Å². The molecule has 4 rings (SSSR count). The first-order chi connectivity index (χ1) is 16.4. The van der Waals surface area contributed by atoms with Crippen molar-refractivity contribution in [2.45, 2.75) is 6.17 Å². The van der Waals surface area contributed by atoms with Crippen LogP contribution in [0.1, 0.15) is 21.5 Å². The van der Waals surface area contributed by atoms with Gasteiger partial charge in [-0.1, -0.05) is 30.3 Å². The molecular weight excluding hydrogens is 439 g/mol. The number of nitrogens with zero attached hydrogens (tertiary/aromatic N) is 2. The molecule has 172 valence electrons. The number of esters is 1. The number of carbonyl (C=O) groups excluding carboxylic acids is 3. The van der Waals surface area contributed by atoms with Gasteiger partial charge in [-0.3, -0.25) is 4.79 Å². The van der Waals surface area contributed by atoms with Gasteiger partial charge in [-0.05, 0) is 42.5 Å². The van der Waals surface area contributed by atoms with Gasteiger partial charge in [0.1, 0.15) is 5.82 Å². The topological polar surface area (TPSA) is 100 Å². The first-order valence-corrected chi connectivity index (χ1v) is 10.3. The number of benzene rings is 3. The highest BCUT2D eigenvalue weighted by Gasteiger charge is 2.31. The van der Waals surface area contributed by atoms with E-state index in [0.29, 0.717) is 22.5 Å². The molecule has 0 saturated heterocycles. The molecule has 9 heteroatoms. The number of rotatable bonds is 4. The number of nitrogens with one attached hydrogen (secondary N) is 2. The number of fused-ring (bicyclic) bond motifs is 1. The van der Waals surface area contributed by atoms with E-state index in [9.17, 15) is 18.8 Å². The molecule has 0 saturated carbocycles. The zero-order chi connectivity index (χ0) is 24.2. The van der Waals surface area contributed by atoms with Crippen molar-refractivity contribution in [3.8, 4) is 0 Å². The number of likely N-dealkylation sites (N-methyl/N-ethyl adjacent to an activating group) is 1. The number of ether oxygens (including phenoxy) is 1. The molecule has 2 N–H and O–H groups in total. The molecule has 1 aliphatic heterocycles. The van der Waals surface area contributed by atoms with Crippen LogP contribution in [0.25, 0.3) is 0 Å². The molecule has 0 spiro atoms. The molecule has 8 nitrogen and oxygen atoms in total. The normalized spacial score (nSPS) is 15.0. The van der Waals surface area contributed by atoms with E-state index in [1.807, 2.05) is 0 Å². The fourth-order valence-corrected chi connectivity index (χ4v) is 3.58. The van der Waals surface area contributed by atoms with Crippen LogP contribution in [0.5, 0.6) is 0 Å². The molecule has 3 amide bonds. The lowest BCUT2D eigenvalue weighted by Gasteiger charge is -2.21. The summed E-state index contributed by atoms with van der Waals surface area (Å²) in [5, 5.41) is 5.15. The van der Waals surface area contributed by atoms with Crippen molar-refractivity contribution in [1.29, 1.82) is 0 Å². The quantitative estimate of drug-likeness (QED) is 0.582. The van der Waals surface area contributed by atoms with Gasteiger partial charge in [0.2, 0.25) is 6.17 Å². The first-order valence-electron chi connectivity index (χ1n) is 10.3. The molecule has 0 aromatic heterocycles. The maximum atomic E-state index is 14.7. The van der Waals surface area contributed by atoms with Crippen LogP contribution in [0, 0.1) is 5.82 Å². The lowest BCUT2D eigenvalue weighted by atomic mass is 10.00. The SMILES string of the molecule is COC(=O)c1ccc(NC(=O)NC2N=C(c3ccccc3F)c3ccccc3N(C)C2=O)cc1. The fourth-order valence-electron chi connectivity index (χ4n) is 3.58. The zero-order valence-corrected chi connectivity index (χ0v) is 18.4. The summed E-state index contributed by atoms with van der Waals surface area (Å²) in [6, 6.07) is 18.5. The van der Waals surface area contributed by atoms with Gasteiger partial charge in [0, 0.05) is 23.9 Å². The van der Waals surface area contributed by atoms with E-state index in [1.165, 1.54) is 42.3 Å². The van der Waals surface area contributed by atoms with Crippen LogP contribution in [0.15, 0.2) is 77.8 Å². The van der Waals surface area contributed by atoms with E-state index in [4.69, 9.17) is 0 Å². The Morgan fingerprint density at radius 1 is 0.971 bits per heavy atom. The third kappa shape index (κ3) is 4.49. The molecule has 0 radical (unpaired) electrons. The van der Waals surface area contributed by atoms with Gasteiger partial charge >= 0.3 is 12.0 Å². The summed E-state index contributed by atoms with van der Waals surface area (Å²) in [5.74, 6) is -1.49. The second kappa shape index (κ2) is 9.53. The molecule has 0 aliphatic carbocycles. The van der Waals surface area contributed by atoms with Crippen molar-refractivity contribution < 1.29 is 23.5 Å². The van der Waals surface area contributed by atoms with E-state index in [2.05, 4.69) is 20.4 Å². The van der Waals surface area contributed by atoms with Crippen LogP contribution in [0.4, 0.5) is 20.6 Å². The van der Waals surface area contributed by atoms with Gasteiger partial charge in [-0.15, -0.1) is 0 Å². The predicted molar refractivity (Wildman–Crippen MR) is 126 cm³/mol. The summed E-state index contributed by atoms with van der Waals surface area (Å²) in [4.78, 5) is 43.2. The third-order valence-corrected chi connectivity index (χ3v) is 5.30. The van der Waals surface area contributed by atoms with Crippen LogP contribution in [-0.2, 0) is 9.53 Å².